The molecule has 2 heterocycles. The van der Waals surface area contributed by atoms with Crippen molar-refractivity contribution in [3.05, 3.63) is 29.8 Å². The van der Waals surface area contributed by atoms with Gasteiger partial charge in [0.05, 0.1) is 38.1 Å². The molecule has 0 aliphatic carbocycles. The molecule has 1 aromatic carbocycles. The molecule has 2 aliphatic rings. The summed E-state index contributed by atoms with van der Waals surface area (Å²) in [6.07, 6.45) is 2.49. The molecule has 2 fully saturated rings. The van der Waals surface area contributed by atoms with Gasteiger partial charge in [-0.05, 0) is 24.1 Å². The van der Waals surface area contributed by atoms with Crippen molar-refractivity contribution in [2.24, 2.45) is 0 Å². The minimum absolute atomic E-state index is 0.0281. The fourth-order valence-electron chi connectivity index (χ4n) is 2.90. The zero-order chi connectivity index (χ0) is 13.2. The van der Waals surface area contributed by atoms with Crippen LogP contribution in [-0.2, 0) is 16.1 Å². The molecule has 104 valence electrons. The lowest BCUT2D eigenvalue weighted by molar-refractivity contribution is -0.0971. The van der Waals surface area contributed by atoms with Crippen LogP contribution in [0.2, 0.25) is 0 Å². The maximum atomic E-state index is 9.77. The molecule has 2 bridgehead atoms. The highest BCUT2D eigenvalue weighted by Crippen LogP contribution is 2.34. The Morgan fingerprint density at radius 3 is 2.68 bits per heavy atom. The van der Waals surface area contributed by atoms with Gasteiger partial charge in [-0.3, -0.25) is 0 Å². The van der Waals surface area contributed by atoms with Crippen LogP contribution in [0.5, 0.6) is 5.75 Å². The van der Waals surface area contributed by atoms with Gasteiger partial charge in [-0.25, -0.2) is 0 Å². The van der Waals surface area contributed by atoms with Gasteiger partial charge in [-0.1, -0.05) is 12.1 Å². The van der Waals surface area contributed by atoms with Crippen molar-refractivity contribution in [3.8, 4) is 5.75 Å². The monoisotopic (exact) mass is 264 g/mol. The van der Waals surface area contributed by atoms with E-state index in [9.17, 15) is 5.11 Å². The molecule has 0 spiro atoms. The number of ether oxygens (including phenoxy) is 3. The van der Waals surface area contributed by atoms with Crippen LogP contribution in [0.25, 0.3) is 0 Å². The molecule has 4 heteroatoms. The largest absolute Gasteiger partial charge is 0.497 e. The Kier molecular flexibility index (Phi) is 3.73. The summed E-state index contributed by atoms with van der Waals surface area (Å²) in [6, 6.07) is 7.91. The molecule has 4 atom stereocenters. The van der Waals surface area contributed by atoms with E-state index < -0.39 is 0 Å². The van der Waals surface area contributed by atoms with Gasteiger partial charge in [0.2, 0.25) is 0 Å². The maximum Gasteiger partial charge on any atom is 0.118 e. The highest BCUT2D eigenvalue weighted by atomic mass is 16.5. The van der Waals surface area contributed by atoms with Crippen molar-refractivity contribution < 1.29 is 19.3 Å². The zero-order valence-electron chi connectivity index (χ0n) is 11.1. The summed E-state index contributed by atoms with van der Waals surface area (Å²) in [5.41, 5.74) is 1.14. The average Bonchev–Trinajstić information content (AvgIpc) is 2.70. The minimum atomic E-state index is -0.306. The zero-order valence-corrected chi connectivity index (χ0v) is 11.1. The van der Waals surface area contributed by atoms with E-state index in [1.165, 1.54) is 0 Å². The first kappa shape index (κ1) is 12.9. The molecule has 1 aromatic rings. The third-order valence-electron chi connectivity index (χ3n) is 3.97. The standard InChI is InChI=1S/C15H20O4/c1-17-11-4-2-10(3-5-11)9-18-12-6-13-7-14(16)15(8-12)19-13/h2-5,12-16H,6-9H2,1H3/t12-,13-,14+,15+/m1/s1. The highest BCUT2D eigenvalue weighted by molar-refractivity contribution is 5.26. The summed E-state index contributed by atoms with van der Waals surface area (Å²) in [5, 5.41) is 9.77. The van der Waals surface area contributed by atoms with E-state index in [0.717, 1.165) is 30.6 Å². The van der Waals surface area contributed by atoms with Crippen molar-refractivity contribution >= 4 is 0 Å². The molecule has 19 heavy (non-hydrogen) atoms. The molecule has 0 amide bonds. The van der Waals surface area contributed by atoms with Gasteiger partial charge in [0.1, 0.15) is 5.75 Å². The van der Waals surface area contributed by atoms with Crippen LogP contribution in [0.3, 0.4) is 0 Å². The van der Waals surface area contributed by atoms with E-state index in [4.69, 9.17) is 14.2 Å². The van der Waals surface area contributed by atoms with E-state index in [1.54, 1.807) is 7.11 Å². The number of hydrogen-bond acceptors (Lipinski definition) is 4. The Balaban J connectivity index is 1.52. The highest BCUT2D eigenvalue weighted by Gasteiger charge is 2.41. The number of aliphatic hydroxyl groups excluding tert-OH is 1. The normalized spacial score (nSPS) is 33.4. The van der Waals surface area contributed by atoms with Crippen LogP contribution >= 0.6 is 0 Å². The molecule has 3 rings (SSSR count). The van der Waals surface area contributed by atoms with Gasteiger partial charge in [0.25, 0.3) is 0 Å². The summed E-state index contributed by atoms with van der Waals surface area (Å²) in [5.74, 6) is 0.857. The van der Waals surface area contributed by atoms with E-state index in [2.05, 4.69) is 0 Å². The third-order valence-corrected chi connectivity index (χ3v) is 3.97. The average molecular weight is 264 g/mol. The molecule has 0 unspecified atom stereocenters. The second kappa shape index (κ2) is 5.49. The van der Waals surface area contributed by atoms with Gasteiger partial charge in [-0.2, -0.15) is 0 Å². The predicted molar refractivity (Wildman–Crippen MR) is 70.1 cm³/mol. The Bertz CT molecular complexity index is 415. The third kappa shape index (κ3) is 2.91. The first-order valence-corrected chi connectivity index (χ1v) is 6.82. The molecule has 0 saturated carbocycles. The molecule has 1 N–H and O–H groups in total. The molecule has 4 nitrogen and oxygen atoms in total. The second-order valence-electron chi connectivity index (χ2n) is 5.35. The number of benzene rings is 1. The van der Waals surface area contributed by atoms with Crippen LogP contribution < -0.4 is 4.74 Å². The van der Waals surface area contributed by atoms with E-state index in [0.29, 0.717) is 6.61 Å². The van der Waals surface area contributed by atoms with Gasteiger partial charge >= 0.3 is 0 Å². The van der Waals surface area contributed by atoms with Crippen molar-refractivity contribution in [2.75, 3.05) is 7.11 Å². The molecular weight excluding hydrogens is 244 g/mol. The molecule has 0 radical (unpaired) electrons. The van der Waals surface area contributed by atoms with Crippen molar-refractivity contribution in [1.29, 1.82) is 0 Å². The van der Waals surface area contributed by atoms with E-state index in [-0.39, 0.29) is 24.4 Å². The first-order valence-electron chi connectivity index (χ1n) is 6.82. The minimum Gasteiger partial charge on any atom is -0.497 e. The van der Waals surface area contributed by atoms with Crippen LogP contribution in [0, 0.1) is 0 Å². The molecule has 2 saturated heterocycles. The van der Waals surface area contributed by atoms with Crippen LogP contribution in [0.15, 0.2) is 24.3 Å². The Labute approximate surface area is 113 Å². The van der Waals surface area contributed by atoms with Crippen molar-refractivity contribution in [1.82, 2.24) is 0 Å². The van der Waals surface area contributed by atoms with Crippen LogP contribution in [0.1, 0.15) is 24.8 Å². The lowest BCUT2D eigenvalue weighted by atomic mass is 10.1. The quantitative estimate of drug-likeness (QED) is 0.902. The van der Waals surface area contributed by atoms with Crippen molar-refractivity contribution in [2.45, 2.75) is 50.3 Å². The number of fused-ring (bicyclic) bond motifs is 2. The fraction of sp³-hybridized carbons (Fsp3) is 0.600. The number of rotatable bonds is 4. The van der Waals surface area contributed by atoms with Crippen molar-refractivity contribution in [3.63, 3.8) is 0 Å². The van der Waals surface area contributed by atoms with E-state index in [1.807, 2.05) is 24.3 Å². The summed E-state index contributed by atoms with van der Waals surface area (Å²) in [6.45, 7) is 0.601. The fourth-order valence-corrected chi connectivity index (χ4v) is 2.90. The molecule has 2 aliphatic heterocycles. The van der Waals surface area contributed by atoms with Gasteiger partial charge < -0.3 is 19.3 Å². The summed E-state index contributed by atoms with van der Waals surface area (Å²) in [4.78, 5) is 0. The Morgan fingerprint density at radius 2 is 2.00 bits per heavy atom. The SMILES string of the molecule is COc1ccc(CO[C@@H]2C[C@@H]3C[C@H](O)[C@H](C2)O3)cc1. The summed E-state index contributed by atoms with van der Waals surface area (Å²) >= 11 is 0. The second-order valence-corrected chi connectivity index (χ2v) is 5.35. The lowest BCUT2D eigenvalue weighted by Gasteiger charge is -2.28. The lowest BCUT2D eigenvalue weighted by Crippen LogP contribution is -2.33. The van der Waals surface area contributed by atoms with E-state index >= 15 is 0 Å². The van der Waals surface area contributed by atoms with Gasteiger partial charge in [-0.15, -0.1) is 0 Å². The Hall–Kier alpha value is -1.10. The number of aliphatic hydroxyl groups is 1. The van der Waals surface area contributed by atoms with Crippen LogP contribution in [0.4, 0.5) is 0 Å². The summed E-state index contributed by atoms with van der Waals surface area (Å²) < 4.78 is 16.7. The predicted octanol–water partition coefficient (Wildman–Crippen LogP) is 1.89. The Morgan fingerprint density at radius 1 is 1.21 bits per heavy atom. The maximum absolute atomic E-state index is 9.77. The first-order chi connectivity index (χ1) is 9.24. The smallest absolute Gasteiger partial charge is 0.118 e. The number of methoxy groups -OCH3 is 1. The molecule has 0 aromatic heterocycles. The number of hydrogen-bond donors (Lipinski definition) is 1. The van der Waals surface area contributed by atoms with Gasteiger partial charge in [0, 0.05) is 12.8 Å². The molecular formula is C15H20O4. The van der Waals surface area contributed by atoms with Gasteiger partial charge in [0.15, 0.2) is 0 Å². The van der Waals surface area contributed by atoms with Crippen LogP contribution in [-0.4, -0.2) is 36.6 Å². The topological polar surface area (TPSA) is 47.9 Å². The summed E-state index contributed by atoms with van der Waals surface area (Å²) in [7, 11) is 1.66.